The summed E-state index contributed by atoms with van der Waals surface area (Å²) in [4.78, 5) is 28.1. The molecule has 1 N–H and O–H groups in total. The number of rotatable bonds is 2. The molecule has 0 bridgehead atoms. The predicted octanol–water partition coefficient (Wildman–Crippen LogP) is 1.65. The summed E-state index contributed by atoms with van der Waals surface area (Å²) in [5.74, 6) is -0.00191. The zero-order valence-electron chi connectivity index (χ0n) is 9.37. The maximum Gasteiger partial charge on any atom is 0.407 e. The van der Waals surface area contributed by atoms with Gasteiger partial charge < -0.3 is 10.0 Å². The summed E-state index contributed by atoms with van der Waals surface area (Å²) in [6.45, 7) is 0.873. The van der Waals surface area contributed by atoms with E-state index >= 15 is 0 Å². The van der Waals surface area contributed by atoms with E-state index in [1.165, 1.54) is 4.90 Å². The molecule has 0 aromatic carbocycles. The van der Waals surface area contributed by atoms with E-state index < -0.39 is 6.09 Å². The Morgan fingerprint density at radius 2 is 2.06 bits per heavy atom. The van der Waals surface area contributed by atoms with Gasteiger partial charge >= 0.3 is 6.09 Å². The van der Waals surface area contributed by atoms with E-state index in [-0.39, 0.29) is 11.7 Å². The summed E-state index contributed by atoms with van der Waals surface area (Å²) in [7, 11) is 0. The summed E-state index contributed by atoms with van der Waals surface area (Å²) in [6, 6.07) is 3.48. The molecule has 90 valence electrons. The Morgan fingerprint density at radius 1 is 1.35 bits per heavy atom. The third-order valence-electron chi connectivity index (χ3n) is 3.08. The average Bonchev–Trinajstić information content (AvgIpc) is 2.39. The van der Waals surface area contributed by atoms with E-state index in [0.717, 1.165) is 0 Å². The summed E-state index contributed by atoms with van der Waals surface area (Å²) in [5.41, 5.74) is 0.612. The number of aromatic nitrogens is 1. The number of pyridine rings is 1. The minimum absolute atomic E-state index is 0.0724. The second-order valence-electron chi connectivity index (χ2n) is 4.15. The molecule has 1 aromatic heterocycles. The van der Waals surface area contributed by atoms with Crippen LogP contribution in [0, 0.1) is 5.92 Å². The van der Waals surface area contributed by atoms with Crippen LogP contribution in [0.25, 0.3) is 0 Å². The number of hydrogen-bond donors (Lipinski definition) is 1. The van der Waals surface area contributed by atoms with Crippen molar-refractivity contribution in [3.8, 4) is 0 Å². The third-order valence-corrected chi connectivity index (χ3v) is 3.08. The Bertz CT molecular complexity index is 411. The van der Waals surface area contributed by atoms with Crippen molar-refractivity contribution >= 4 is 11.9 Å². The summed E-state index contributed by atoms with van der Waals surface area (Å²) < 4.78 is 0. The van der Waals surface area contributed by atoms with Crippen LogP contribution in [0.3, 0.4) is 0 Å². The molecule has 2 rings (SSSR count). The second kappa shape index (κ2) is 4.95. The number of hydrogen-bond acceptors (Lipinski definition) is 3. The fourth-order valence-electron chi connectivity index (χ4n) is 2.08. The Kier molecular flexibility index (Phi) is 3.37. The highest BCUT2D eigenvalue weighted by Gasteiger charge is 2.27. The predicted molar refractivity (Wildman–Crippen MR) is 60.9 cm³/mol. The number of carbonyl (C=O) groups is 2. The second-order valence-corrected chi connectivity index (χ2v) is 4.15. The topological polar surface area (TPSA) is 70.5 Å². The van der Waals surface area contributed by atoms with E-state index in [0.29, 0.717) is 31.5 Å². The van der Waals surface area contributed by atoms with Crippen LogP contribution >= 0.6 is 0 Å². The van der Waals surface area contributed by atoms with E-state index in [2.05, 4.69) is 4.98 Å². The van der Waals surface area contributed by atoms with Gasteiger partial charge in [0, 0.05) is 37.0 Å². The van der Waals surface area contributed by atoms with Crippen molar-refractivity contribution in [3.05, 3.63) is 30.1 Å². The van der Waals surface area contributed by atoms with Gasteiger partial charge in [0.15, 0.2) is 5.78 Å². The fourth-order valence-corrected chi connectivity index (χ4v) is 2.08. The maximum absolute atomic E-state index is 12.1. The first-order valence-corrected chi connectivity index (χ1v) is 5.60. The largest absolute Gasteiger partial charge is 0.465 e. The molecule has 5 nitrogen and oxygen atoms in total. The highest BCUT2D eigenvalue weighted by molar-refractivity contribution is 5.97. The lowest BCUT2D eigenvalue weighted by atomic mass is 9.89. The van der Waals surface area contributed by atoms with Gasteiger partial charge in [-0.3, -0.25) is 9.78 Å². The number of piperidine rings is 1. The van der Waals surface area contributed by atoms with Gasteiger partial charge in [-0.05, 0) is 25.0 Å². The van der Waals surface area contributed by atoms with Gasteiger partial charge in [-0.25, -0.2) is 4.79 Å². The normalized spacial score (nSPS) is 16.8. The van der Waals surface area contributed by atoms with Gasteiger partial charge in [0.2, 0.25) is 0 Å². The number of amides is 1. The first-order chi connectivity index (χ1) is 8.18. The highest BCUT2D eigenvalue weighted by atomic mass is 16.4. The minimum Gasteiger partial charge on any atom is -0.465 e. The van der Waals surface area contributed by atoms with Gasteiger partial charge in [0.25, 0.3) is 0 Å². The lowest BCUT2D eigenvalue weighted by Crippen LogP contribution is -2.39. The van der Waals surface area contributed by atoms with Crippen LogP contribution < -0.4 is 0 Å². The molecule has 1 amide bonds. The molecule has 1 aliphatic heterocycles. The molecule has 17 heavy (non-hydrogen) atoms. The van der Waals surface area contributed by atoms with Crippen molar-refractivity contribution in [2.75, 3.05) is 13.1 Å². The average molecular weight is 234 g/mol. The third kappa shape index (κ3) is 2.61. The van der Waals surface area contributed by atoms with E-state index in [1.807, 2.05) is 0 Å². The monoisotopic (exact) mass is 234 g/mol. The van der Waals surface area contributed by atoms with Crippen molar-refractivity contribution in [2.45, 2.75) is 12.8 Å². The molecular formula is C12H14N2O3. The smallest absolute Gasteiger partial charge is 0.407 e. The van der Waals surface area contributed by atoms with Gasteiger partial charge in [0.1, 0.15) is 0 Å². The first kappa shape index (κ1) is 11.6. The first-order valence-electron chi connectivity index (χ1n) is 5.60. The zero-order valence-corrected chi connectivity index (χ0v) is 9.37. The molecule has 0 aliphatic carbocycles. The molecule has 0 unspecified atom stereocenters. The summed E-state index contributed by atoms with van der Waals surface area (Å²) >= 11 is 0. The molecule has 0 radical (unpaired) electrons. The molecule has 5 heteroatoms. The molecule has 1 fully saturated rings. The van der Waals surface area contributed by atoms with Gasteiger partial charge in [-0.15, -0.1) is 0 Å². The number of carbonyl (C=O) groups excluding carboxylic acids is 1. The molecule has 1 aliphatic rings. The molecule has 0 atom stereocenters. The van der Waals surface area contributed by atoms with Crippen LogP contribution in [0.2, 0.25) is 0 Å². The number of ketones is 1. The molecular weight excluding hydrogens is 220 g/mol. The highest BCUT2D eigenvalue weighted by Crippen LogP contribution is 2.21. The number of carboxylic acid groups (broad SMARTS) is 1. The Hall–Kier alpha value is -1.91. The SMILES string of the molecule is O=C(c1cccnc1)C1CCN(C(=O)O)CC1. The molecule has 1 saturated heterocycles. The minimum atomic E-state index is -0.905. The van der Waals surface area contributed by atoms with Crippen LogP contribution in [0.4, 0.5) is 4.79 Å². The van der Waals surface area contributed by atoms with Crippen molar-refractivity contribution in [1.82, 2.24) is 9.88 Å². The lowest BCUT2D eigenvalue weighted by molar-refractivity contribution is 0.0821. The van der Waals surface area contributed by atoms with E-state index in [4.69, 9.17) is 5.11 Å². The maximum atomic E-state index is 12.1. The van der Waals surface area contributed by atoms with Gasteiger partial charge in [-0.2, -0.15) is 0 Å². The Balaban J connectivity index is 1.98. The van der Waals surface area contributed by atoms with Crippen molar-refractivity contribution in [3.63, 3.8) is 0 Å². The van der Waals surface area contributed by atoms with Crippen LogP contribution in [0.1, 0.15) is 23.2 Å². The van der Waals surface area contributed by atoms with Crippen molar-refractivity contribution < 1.29 is 14.7 Å². The van der Waals surface area contributed by atoms with Gasteiger partial charge in [-0.1, -0.05) is 0 Å². The standard InChI is InChI=1S/C12H14N2O3/c15-11(10-2-1-5-13-8-10)9-3-6-14(7-4-9)12(16)17/h1-2,5,8-9H,3-4,6-7H2,(H,16,17). The molecule has 0 spiro atoms. The van der Waals surface area contributed by atoms with Crippen molar-refractivity contribution in [1.29, 1.82) is 0 Å². The van der Waals surface area contributed by atoms with Crippen LogP contribution in [0.15, 0.2) is 24.5 Å². The quantitative estimate of drug-likeness (QED) is 0.790. The van der Waals surface area contributed by atoms with Crippen LogP contribution in [0.5, 0.6) is 0 Å². The van der Waals surface area contributed by atoms with Gasteiger partial charge in [0.05, 0.1) is 0 Å². The lowest BCUT2D eigenvalue weighted by Gasteiger charge is -2.29. The molecule has 1 aromatic rings. The molecule has 0 saturated carbocycles. The summed E-state index contributed by atoms with van der Waals surface area (Å²) in [5, 5.41) is 8.81. The molecule has 2 heterocycles. The number of nitrogens with zero attached hydrogens (tertiary/aromatic N) is 2. The number of likely N-dealkylation sites (tertiary alicyclic amines) is 1. The fraction of sp³-hybridized carbons (Fsp3) is 0.417. The van der Waals surface area contributed by atoms with Crippen LogP contribution in [-0.4, -0.2) is 40.0 Å². The summed E-state index contributed by atoms with van der Waals surface area (Å²) in [6.07, 6.45) is 3.48. The van der Waals surface area contributed by atoms with Crippen molar-refractivity contribution in [2.24, 2.45) is 5.92 Å². The zero-order chi connectivity index (χ0) is 12.3. The van der Waals surface area contributed by atoms with E-state index in [1.54, 1.807) is 24.5 Å². The Morgan fingerprint density at radius 3 is 2.59 bits per heavy atom. The van der Waals surface area contributed by atoms with E-state index in [9.17, 15) is 9.59 Å². The Labute approximate surface area is 99.1 Å². The van der Waals surface area contributed by atoms with Crippen LogP contribution in [-0.2, 0) is 0 Å². The number of Topliss-reactive ketones (excluding diaryl/α,β-unsaturated/α-hetero) is 1.